The number of amides is 2. The van der Waals surface area contributed by atoms with Gasteiger partial charge >= 0.3 is 6.03 Å². The molecule has 0 fully saturated rings. The lowest BCUT2D eigenvalue weighted by Gasteiger charge is -2.19. The minimum absolute atomic E-state index is 0.0692. The molecule has 0 aliphatic heterocycles. The predicted octanol–water partition coefficient (Wildman–Crippen LogP) is 4.29. The van der Waals surface area contributed by atoms with E-state index < -0.39 is 0 Å². The number of hydrogen-bond donors (Lipinski definition) is 2. The number of hydrogen-bond acceptors (Lipinski definition) is 3. The molecule has 2 amide bonds. The summed E-state index contributed by atoms with van der Waals surface area (Å²) in [5.74, 6) is 1.54. The molecule has 0 spiro atoms. The van der Waals surface area contributed by atoms with Crippen molar-refractivity contribution in [2.75, 3.05) is 19.5 Å². The Hall–Kier alpha value is -2.69. The molecule has 1 atom stereocenters. The molecule has 1 unspecified atom stereocenters. The fraction of sp³-hybridized carbons (Fsp3) is 0.316. The Labute approximate surface area is 143 Å². The Morgan fingerprint density at radius 1 is 1.12 bits per heavy atom. The first-order valence-corrected chi connectivity index (χ1v) is 7.93. The number of aryl methyl sites for hydroxylation is 1. The number of urea groups is 1. The summed E-state index contributed by atoms with van der Waals surface area (Å²) in [5.41, 5.74) is 2.78. The highest BCUT2D eigenvalue weighted by atomic mass is 16.5. The molecular weight excluding hydrogens is 304 g/mol. The van der Waals surface area contributed by atoms with Gasteiger partial charge in [0.1, 0.15) is 11.5 Å². The Morgan fingerprint density at radius 2 is 1.92 bits per heavy atom. The first-order chi connectivity index (χ1) is 11.6. The van der Waals surface area contributed by atoms with E-state index >= 15 is 0 Å². The van der Waals surface area contributed by atoms with Crippen molar-refractivity contribution in [2.24, 2.45) is 0 Å². The molecule has 2 aromatic carbocycles. The third-order valence-electron chi connectivity index (χ3n) is 3.86. The van der Waals surface area contributed by atoms with Crippen LogP contribution in [0.4, 0.5) is 10.5 Å². The Kier molecular flexibility index (Phi) is 6.07. The molecule has 0 radical (unpaired) electrons. The van der Waals surface area contributed by atoms with Crippen molar-refractivity contribution in [1.82, 2.24) is 5.32 Å². The van der Waals surface area contributed by atoms with Crippen LogP contribution < -0.4 is 20.1 Å². The Morgan fingerprint density at radius 3 is 2.54 bits per heavy atom. The highest BCUT2D eigenvalue weighted by Gasteiger charge is 2.14. The predicted molar refractivity (Wildman–Crippen MR) is 95.9 cm³/mol. The lowest BCUT2D eigenvalue weighted by atomic mass is 10.0. The van der Waals surface area contributed by atoms with Crippen LogP contribution >= 0.6 is 0 Å². The molecule has 0 heterocycles. The van der Waals surface area contributed by atoms with E-state index in [0.29, 0.717) is 11.4 Å². The van der Waals surface area contributed by atoms with Gasteiger partial charge in [-0.15, -0.1) is 0 Å². The average Bonchev–Trinajstić information content (AvgIpc) is 2.59. The molecule has 0 saturated carbocycles. The quantitative estimate of drug-likeness (QED) is 0.832. The molecule has 2 N–H and O–H groups in total. The minimum atomic E-state index is -0.247. The number of rotatable bonds is 6. The van der Waals surface area contributed by atoms with Crippen LogP contribution in [0.5, 0.6) is 11.5 Å². The van der Waals surface area contributed by atoms with Crippen molar-refractivity contribution in [1.29, 1.82) is 0 Å². The van der Waals surface area contributed by atoms with Crippen LogP contribution in [0.1, 0.15) is 30.5 Å². The van der Waals surface area contributed by atoms with Crippen molar-refractivity contribution in [3.05, 3.63) is 53.6 Å². The maximum Gasteiger partial charge on any atom is 0.319 e. The van der Waals surface area contributed by atoms with E-state index in [1.807, 2.05) is 50.2 Å². The van der Waals surface area contributed by atoms with Crippen molar-refractivity contribution < 1.29 is 14.3 Å². The van der Waals surface area contributed by atoms with Gasteiger partial charge in [-0.1, -0.05) is 25.1 Å². The molecule has 128 valence electrons. The summed E-state index contributed by atoms with van der Waals surface area (Å²) in [7, 11) is 3.25. The third-order valence-corrected chi connectivity index (χ3v) is 3.86. The summed E-state index contributed by atoms with van der Waals surface area (Å²) < 4.78 is 10.4. The van der Waals surface area contributed by atoms with E-state index in [0.717, 1.165) is 23.3 Å². The fourth-order valence-electron chi connectivity index (χ4n) is 2.57. The number of carbonyl (C=O) groups excluding carboxylic acids is 1. The second-order valence-electron chi connectivity index (χ2n) is 5.52. The lowest BCUT2D eigenvalue weighted by Crippen LogP contribution is -2.32. The van der Waals surface area contributed by atoms with Gasteiger partial charge in [0, 0.05) is 11.8 Å². The molecule has 0 saturated heterocycles. The number of carbonyl (C=O) groups is 1. The van der Waals surface area contributed by atoms with Crippen LogP contribution in [0.25, 0.3) is 0 Å². The van der Waals surface area contributed by atoms with Crippen molar-refractivity contribution in [3.63, 3.8) is 0 Å². The van der Waals surface area contributed by atoms with Crippen LogP contribution in [-0.4, -0.2) is 20.3 Å². The third kappa shape index (κ3) is 4.41. The molecule has 5 heteroatoms. The molecule has 2 aromatic rings. The lowest BCUT2D eigenvalue weighted by molar-refractivity contribution is 0.248. The van der Waals surface area contributed by atoms with Gasteiger partial charge < -0.3 is 20.1 Å². The number of nitrogens with one attached hydrogen (secondary N) is 2. The van der Waals surface area contributed by atoms with Crippen molar-refractivity contribution in [2.45, 2.75) is 26.3 Å². The smallest absolute Gasteiger partial charge is 0.319 e. The molecule has 0 aliphatic rings. The molecule has 24 heavy (non-hydrogen) atoms. The van der Waals surface area contributed by atoms with E-state index in [-0.39, 0.29) is 12.1 Å². The molecule has 0 aliphatic carbocycles. The first-order valence-electron chi connectivity index (χ1n) is 7.93. The highest BCUT2D eigenvalue weighted by Crippen LogP contribution is 2.24. The summed E-state index contributed by atoms with van der Waals surface area (Å²) in [5, 5.41) is 5.84. The molecule has 0 bridgehead atoms. The van der Waals surface area contributed by atoms with E-state index in [1.165, 1.54) is 0 Å². The molecule has 0 aromatic heterocycles. The summed E-state index contributed by atoms with van der Waals surface area (Å²) in [6.45, 7) is 4.03. The highest BCUT2D eigenvalue weighted by molar-refractivity contribution is 5.89. The monoisotopic (exact) mass is 328 g/mol. The Balaban J connectivity index is 2.06. The fourth-order valence-corrected chi connectivity index (χ4v) is 2.57. The van der Waals surface area contributed by atoms with Gasteiger partial charge in [0.25, 0.3) is 0 Å². The first kappa shape index (κ1) is 17.7. The standard InChI is InChI=1S/C19H24N2O3/c1-5-17(14-9-10-18(24-4)13(2)11-14)21-19(22)20-15-7-6-8-16(12-15)23-3/h6-12,17H,5H2,1-4H3,(H2,20,21,22). The Bertz CT molecular complexity index is 701. The zero-order chi connectivity index (χ0) is 17.5. The summed E-state index contributed by atoms with van der Waals surface area (Å²) in [4.78, 5) is 12.3. The SMILES string of the molecule is CCC(NC(=O)Nc1cccc(OC)c1)c1ccc(OC)c(C)c1. The zero-order valence-electron chi connectivity index (χ0n) is 14.6. The molecular formula is C19H24N2O3. The van der Waals surface area contributed by atoms with Crippen molar-refractivity contribution >= 4 is 11.7 Å². The van der Waals surface area contributed by atoms with Gasteiger partial charge in [-0.2, -0.15) is 0 Å². The largest absolute Gasteiger partial charge is 0.497 e. The molecule has 5 nitrogen and oxygen atoms in total. The van der Waals surface area contributed by atoms with E-state index in [1.54, 1.807) is 20.3 Å². The number of benzene rings is 2. The van der Waals surface area contributed by atoms with Gasteiger partial charge in [-0.05, 0) is 42.7 Å². The van der Waals surface area contributed by atoms with Crippen LogP contribution in [-0.2, 0) is 0 Å². The number of methoxy groups -OCH3 is 2. The second kappa shape index (κ2) is 8.24. The average molecular weight is 328 g/mol. The maximum atomic E-state index is 12.3. The van der Waals surface area contributed by atoms with Crippen LogP contribution in [0, 0.1) is 6.92 Å². The number of ether oxygens (including phenoxy) is 2. The van der Waals surface area contributed by atoms with Crippen molar-refractivity contribution in [3.8, 4) is 11.5 Å². The zero-order valence-corrected chi connectivity index (χ0v) is 14.6. The number of anilines is 1. The van der Waals surface area contributed by atoms with Crippen LogP contribution in [0.2, 0.25) is 0 Å². The van der Waals surface area contributed by atoms with Gasteiger partial charge in [0.15, 0.2) is 0 Å². The van der Waals surface area contributed by atoms with Crippen LogP contribution in [0.15, 0.2) is 42.5 Å². The normalized spacial score (nSPS) is 11.5. The minimum Gasteiger partial charge on any atom is -0.497 e. The van der Waals surface area contributed by atoms with Gasteiger partial charge in [-0.3, -0.25) is 0 Å². The van der Waals surface area contributed by atoms with E-state index in [2.05, 4.69) is 10.6 Å². The second-order valence-corrected chi connectivity index (χ2v) is 5.52. The maximum absolute atomic E-state index is 12.3. The van der Waals surface area contributed by atoms with Gasteiger partial charge in [0.2, 0.25) is 0 Å². The summed E-state index contributed by atoms with van der Waals surface area (Å²) in [6.07, 6.45) is 0.789. The van der Waals surface area contributed by atoms with E-state index in [4.69, 9.17) is 9.47 Å². The van der Waals surface area contributed by atoms with Gasteiger partial charge in [-0.25, -0.2) is 4.79 Å². The molecule has 2 rings (SSSR count). The van der Waals surface area contributed by atoms with Crippen LogP contribution in [0.3, 0.4) is 0 Å². The van der Waals surface area contributed by atoms with E-state index in [9.17, 15) is 4.79 Å². The summed E-state index contributed by atoms with van der Waals surface area (Å²) in [6, 6.07) is 12.9. The topological polar surface area (TPSA) is 59.6 Å². The summed E-state index contributed by atoms with van der Waals surface area (Å²) >= 11 is 0. The van der Waals surface area contributed by atoms with Gasteiger partial charge in [0.05, 0.1) is 20.3 Å².